The number of nitrogen functional groups attached to an aromatic ring is 1. The first-order chi connectivity index (χ1) is 7.88. The number of rotatable bonds is 3. The lowest BCUT2D eigenvalue weighted by atomic mass is 9.83. The summed E-state index contributed by atoms with van der Waals surface area (Å²) in [6.45, 7) is 2.05. The maximum Gasteiger partial charge on any atom is 0.243 e. The highest BCUT2D eigenvalue weighted by Gasteiger charge is 2.30. The predicted octanol–water partition coefficient (Wildman–Crippen LogP) is 1.48. The fourth-order valence-corrected chi connectivity index (χ4v) is 3.34. The molecule has 0 atom stereocenters. The van der Waals surface area contributed by atoms with E-state index in [1.54, 1.807) is 0 Å². The van der Waals surface area contributed by atoms with Crippen LogP contribution in [0.15, 0.2) is 23.1 Å². The molecule has 6 heteroatoms. The second-order valence-electron chi connectivity index (χ2n) is 4.58. The molecule has 1 saturated carbocycles. The molecule has 0 saturated heterocycles. The van der Waals surface area contributed by atoms with Gasteiger partial charge in [-0.2, -0.15) is 0 Å². The zero-order valence-electron chi connectivity index (χ0n) is 9.48. The molecular weight excluding hydrogens is 243 g/mol. The molecule has 0 bridgehead atoms. The van der Waals surface area contributed by atoms with Crippen molar-refractivity contribution in [2.45, 2.75) is 30.7 Å². The van der Waals surface area contributed by atoms with Gasteiger partial charge < -0.3 is 5.73 Å². The molecule has 1 fully saturated rings. The van der Waals surface area contributed by atoms with E-state index in [0.717, 1.165) is 18.9 Å². The molecule has 0 unspecified atom stereocenters. The van der Waals surface area contributed by atoms with Crippen LogP contribution in [0.2, 0.25) is 0 Å². The van der Waals surface area contributed by atoms with E-state index in [2.05, 4.69) is 11.6 Å². The van der Waals surface area contributed by atoms with Crippen molar-refractivity contribution in [3.8, 4) is 0 Å². The summed E-state index contributed by atoms with van der Waals surface area (Å²) in [5, 5.41) is 0. The molecule has 0 radical (unpaired) electrons. The van der Waals surface area contributed by atoms with Gasteiger partial charge >= 0.3 is 0 Å². The molecule has 0 heterocycles. The molecule has 2 rings (SSSR count). The summed E-state index contributed by atoms with van der Waals surface area (Å²) in [6.07, 6.45) is 1.60. The maximum absolute atomic E-state index is 13.5. The lowest BCUT2D eigenvalue weighted by molar-refractivity contribution is 0.270. The molecule has 94 valence electrons. The normalized spacial score (nSPS) is 24.4. The largest absolute Gasteiger partial charge is 0.399 e. The van der Waals surface area contributed by atoms with E-state index in [1.165, 1.54) is 12.1 Å². The summed E-state index contributed by atoms with van der Waals surface area (Å²) in [6, 6.07) is 3.50. The third-order valence-corrected chi connectivity index (χ3v) is 4.49. The SMILES string of the molecule is CC1CC(NS(=O)(=O)c2ccc(N)cc2F)C1. The van der Waals surface area contributed by atoms with Crippen molar-refractivity contribution in [2.75, 3.05) is 5.73 Å². The maximum atomic E-state index is 13.5. The van der Waals surface area contributed by atoms with Crippen molar-refractivity contribution >= 4 is 15.7 Å². The zero-order chi connectivity index (χ0) is 12.6. The van der Waals surface area contributed by atoms with E-state index in [4.69, 9.17) is 5.73 Å². The van der Waals surface area contributed by atoms with Crippen LogP contribution in [0.25, 0.3) is 0 Å². The number of hydrogen-bond acceptors (Lipinski definition) is 3. The molecule has 0 amide bonds. The minimum Gasteiger partial charge on any atom is -0.399 e. The quantitative estimate of drug-likeness (QED) is 0.807. The molecule has 1 aliphatic rings. The molecule has 0 spiro atoms. The van der Waals surface area contributed by atoms with Crippen molar-refractivity contribution < 1.29 is 12.8 Å². The highest BCUT2D eigenvalue weighted by atomic mass is 32.2. The van der Waals surface area contributed by atoms with Crippen LogP contribution >= 0.6 is 0 Å². The van der Waals surface area contributed by atoms with E-state index < -0.39 is 15.8 Å². The molecule has 1 aromatic rings. The number of nitrogens with one attached hydrogen (secondary N) is 1. The Hall–Kier alpha value is -1.14. The van der Waals surface area contributed by atoms with Gasteiger partial charge in [-0.1, -0.05) is 6.92 Å². The minimum absolute atomic E-state index is 0.0769. The number of sulfonamides is 1. The Morgan fingerprint density at radius 3 is 2.59 bits per heavy atom. The van der Waals surface area contributed by atoms with Crippen LogP contribution in [0.1, 0.15) is 19.8 Å². The van der Waals surface area contributed by atoms with Crippen LogP contribution in [0.3, 0.4) is 0 Å². The van der Waals surface area contributed by atoms with Gasteiger partial charge in [0.1, 0.15) is 10.7 Å². The Kier molecular flexibility index (Phi) is 3.09. The van der Waals surface area contributed by atoms with Crippen molar-refractivity contribution in [1.29, 1.82) is 0 Å². The lowest BCUT2D eigenvalue weighted by Gasteiger charge is -2.32. The average molecular weight is 258 g/mol. The molecule has 1 aromatic carbocycles. The summed E-state index contributed by atoms with van der Waals surface area (Å²) in [5.41, 5.74) is 5.58. The van der Waals surface area contributed by atoms with Crippen molar-refractivity contribution in [2.24, 2.45) is 5.92 Å². The standard InChI is InChI=1S/C11H15FN2O2S/c1-7-4-9(5-7)14-17(15,16)11-3-2-8(13)6-10(11)12/h2-3,6-7,9,14H,4-5,13H2,1H3. The topological polar surface area (TPSA) is 72.2 Å². The molecule has 0 aliphatic heterocycles. The third kappa shape index (κ3) is 2.58. The van der Waals surface area contributed by atoms with E-state index in [1.807, 2.05) is 0 Å². The van der Waals surface area contributed by atoms with Crippen LogP contribution in [0.4, 0.5) is 10.1 Å². The molecular formula is C11H15FN2O2S. The highest BCUT2D eigenvalue weighted by Crippen LogP contribution is 2.28. The Labute approximate surface area is 100 Å². The zero-order valence-corrected chi connectivity index (χ0v) is 10.3. The number of benzene rings is 1. The molecule has 1 aliphatic carbocycles. The number of anilines is 1. The van der Waals surface area contributed by atoms with E-state index in [0.29, 0.717) is 5.92 Å². The van der Waals surface area contributed by atoms with Crippen LogP contribution in [-0.2, 0) is 10.0 Å². The van der Waals surface area contributed by atoms with Crippen molar-refractivity contribution in [3.63, 3.8) is 0 Å². The van der Waals surface area contributed by atoms with Gasteiger partial charge in [0.15, 0.2) is 0 Å². The van der Waals surface area contributed by atoms with Crippen molar-refractivity contribution in [3.05, 3.63) is 24.0 Å². The van der Waals surface area contributed by atoms with Gasteiger partial charge in [-0.15, -0.1) is 0 Å². The Morgan fingerprint density at radius 1 is 1.41 bits per heavy atom. The lowest BCUT2D eigenvalue weighted by Crippen LogP contribution is -2.43. The van der Waals surface area contributed by atoms with E-state index >= 15 is 0 Å². The molecule has 17 heavy (non-hydrogen) atoms. The Morgan fingerprint density at radius 2 is 2.06 bits per heavy atom. The van der Waals surface area contributed by atoms with Crippen LogP contribution < -0.4 is 10.5 Å². The van der Waals surface area contributed by atoms with Crippen molar-refractivity contribution in [1.82, 2.24) is 4.72 Å². The third-order valence-electron chi connectivity index (χ3n) is 2.94. The van der Waals surface area contributed by atoms with E-state index in [9.17, 15) is 12.8 Å². The second kappa shape index (κ2) is 4.27. The van der Waals surface area contributed by atoms with Gasteiger partial charge in [0.2, 0.25) is 10.0 Å². The smallest absolute Gasteiger partial charge is 0.243 e. The van der Waals surface area contributed by atoms with Crippen LogP contribution in [0, 0.1) is 11.7 Å². The Bertz CT molecular complexity index is 524. The van der Waals surface area contributed by atoms with Gasteiger partial charge in [0.05, 0.1) is 0 Å². The number of halogens is 1. The highest BCUT2D eigenvalue weighted by molar-refractivity contribution is 7.89. The Balaban J connectivity index is 2.20. The average Bonchev–Trinajstić information content (AvgIpc) is 2.14. The van der Waals surface area contributed by atoms with Crippen LogP contribution in [0.5, 0.6) is 0 Å². The fraction of sp³-hybridized carbons (Fsp3) is 0.455. The first kappa shape index (κ1) is 12.3. The summed E-state index contributed by atoms with van der Waals surface area (Å²) in [4.78, 5) is -0.341. The summed E-state index contributed by atoms with van der Waals surface area (Å²) in [7, 11) is -3.77. The van der Waals surface area contributed by atoms with E-state index in [-0.39, 0.29) is 16.6 Å². The summed E-state index contributed by atoms with van der Waals surface area (Å²) < 4.78 is 39.8. The summed E-state index contributed by atoms with van der Waals surface area (Å²) >= 11 is 0. The predicted molar refractivity (Wildman–Crippen MR) is 63.3 cm³/mol. The molecule has 4 nitrogen and oxygen atoms in total. The van der Waals surface area contributed by atoms with Gasteiger partial charge in [-0.05, 0) is 37.0 Å². The second-order valence-corrected chi connectivity index (χ2v) is 6.27. The van der Waals surface area contributed by atoms with Gasteiger partial charge in [0.25, 0.3) is 0 Å². The summed E-state index contributed by atoms with van der Waals surface area (Å²) in [5.74, 6) is -0.288. The van der Waals surface area contributed by atoms with Gasteiger partial charge in [-0.3, -0.25) is 0 Å². The molecule has 0 aromatic heterocycles. The molecule has 3 N–H and O–H groups in total. The van der Waals surface area contributed by atoms with Gasteiger partial charge in [0, 0.05) is 11.7 Å². The first-order valence-corrected chi connectivity index (χ1v) is 6.94. The monoisotopic (exact) mass is 258 g/mol. The number of nitrogens with two attached hydrogens (primary N) is 1. The number of hydrogen-bond donors (Lipinski definition) is 2. The van der Waals surface area contributed by atoms with Crippen LogP contribution in [-0.4, -0.2) is 14.5 Å². The fourth-order valence-electron chi connectivity index (χ4n) is 2.02. The first-order valence-electron chi connectivity index (χ1n) is 5.46. The van der Waals surface area contributed by atoms with Gasteiger partial charge in [-0.25, -0.2) is 17.5 Å². The minimum atomic E-state index is -3.77.